The molecule has 0 spiro atoms. The Bertz CT molecular complexity index is 803. The minimum absolute atomic E-state index is 0.0271. The highest BCUT2D eigenvalue weighted by molar-refractivity contribution is 7.94. The fourth-order valence-corrected chi connectivity index (χ4v) is 4.20. The quantitative estimate of drug-likeness (QED) is 0.901. The fraction of sp³-hybridized carbons (Fsp3) is 0.231. The van der Waals surface area contributed by atoms with Crippen molar-refractivity contribution in [2.75, 3.05) is 18.9 Å². The Hall–Kier alpha value is -1.87. The number of thiophene rings is 1. The van der Waals surface area contributed by atoms with Crippen LogP contribution in [-0.4, -0.2) is 22.6 Å². The zero-order chi connectivity index (χ0) is 16.5. The second-order valence-corrected chi connectivity index (χ2v) is 7.07. The largest absolute Gasteiger partial charge is 0.492 e. The van der Waals surface area contributed by atoms with E-state index in [0.717, 1.165) is 17.4 Å². The first-order valence-corrected chi connectivity index (χ1v) is 8.34. The molecule has 120 valence electrons. The van der Waals surface area contributed by atoms with Crippen LogP contribution in [0.2, 0.25) is 0 Å². The molecule has 0 saturated heterocycles. The third-order valence-electron chi connectivity index (χ3n) is 2.84. The molecule has 1 aromatic carbocycles. The number of hydrogen-bond donors (Lipinski definition) is 1. The maximum absolute atomic E-state index is 13.7. The topological polar surface area (TPSA) is 64.6 Å². The van der Waals surface area contributed by atoms with E-state index in [1.54, 1.807) is 0 Å². The van der Waals surface area contributed by atoms with Crippen molar-refractivity contribution < 1.29 is 26.7 Å². The lowest BCUT2D eigenvalue weighted by Crippen LogP contribution is -2.14. The van der Waals surface area contributed by atoms with E-state index >= 15 is 0 Å². The number of anilines is 1. The number of sulfonamides is 1. The van der Waals surface area contributed by atoms with E-state index in [1.807, 2.05) is 0 Å². The summed E-state index contributed by atoms with van der Waals surface area (Å²) in [5.41, 5.74) is -0.219. The molecule has 22 heavy (non-hydrogen) atoms. The van der Waals surface area contributed by atoms with Gasteiger partial charge in [0.25, 0.3) is 10.0 Å². The average molecular weight is 349 g/mol. The first kappa shape index (κ1) is 16.5. The molecule has 0 bridgehead atoms. The van der Waals surface area contributed by atoms with E-state index in [0.29, 0.717) is 6.07 Å². The number of rotatable bonds is 5. The lowest BCUT2D eigenvalue weighted by Gasteiger charge is -2.10. The Morgan fingerprint density at radius 1 is 1.14 bits per heavy atom. The maximum Gasteiger partial charge on any atom is 0.275 e. The van der Waals surface area contributed by atoms with Gasteiger partial charge in [-0.25, -0.2) is 17.2 Å². The Balaban J connectivity index is 2.45. The number of methoxy groups -OCH3 is 2. The summed E-state index contributed by atoms with van der Waals surface area (Å²) in [5, 5.41) is 1.46. The zero-order valence-corrected chi connectivity index (χ0v) is 13.6. The van der Waals surface area contributed by atoms with Gasteiger partial charge >= 0.3 is 0 Å². The monoisotopic (exact) mass is 349 g/mol. The third kappa shape index (κ3) is 3.00. The van der Waals surface area contributed by atoms with Crippen molar-refractivity contribution in [3.8, 4) is 11.5 Å². The van der Waals surface area contributed by atoms with Gasteiger partial charge in [-0.05, 0) is 18.6 Å². The Morgan fingerprint density at radius 3 is 2.41 bits per heavy atom. The summed E-state index contributed by atoms with van der Waals surface area (Å²) in [5.74, 6) is -1.48. The van der Waals surface area contributed by atoms with Gasteiger partial charge in [0.05, 0.1) is 19.9 Å². The van der Waals surface area contributed by atoms with E-state index in [1.165, 1.54) is 26.5 Å². The lowest BCUT2D eigenvalue weighted by atomic mass is 10.2. The highest BCUT2D eigenvalue weighted by atomic mass is 32.2. The molecule has 0 unspecified atom stereocenters. The summed E-state index contributed by atoms with van der Waals surface area (Å²) >= 11 is 0.868. The number of aryl methyl sites for hydroxylation is 1. The van der Waals surface area contributed by atoms with Gasteiger partial charge in [0.15, 0.2) is 15.7 Å². The van der Waals surface area contributed by atoms with Gasteiger partial charge in [-0.15, -0.1) is 11.3 Å². The van der Waals surface area contributed by atoms with Crippen molar-refractivity contribution in [1.29, 1.82) is 0 Å². The molecule has 0 aliphatic rings. The lowest BCUT2D eigenvalue weighted by molar-refractivity contribution is 0.352. The number of hydrogen-bond acceptors (Lipinski definition) is 5. The van der Waals surface area contributed by atoms with Crippen molar-refractivity contribution in [2.45, 2.75) is 11.1 Å². The molecule has 5 nitrogen and oxygen atoms in total. The Kier molecular flexibility index (Phi) is 4.57. The minimum Gasteiger partial charge on any atom is -0.492 e. The molecule has 1 aromatic heterocycles. The Morgan fingerprint density at radius 2 is 1.82 bits per heavy atom. The molecule has 0 fully saturated rings. The van der Waals surface area contributed by atoms with Crippen LogP contribution in [0.3, 0.4) is 0 Å². The van der Waals surface area contributed by atoms with E-state index in [-0.39, 0.29) is 27.0 Å². The highest BCUT2D eigenvalue weighted by Crippen LogP contribution is 2.40. The second kappa shape index (κ2) is 6.09. The summed E-state index contributed by atoms with van der Waals surface area (Å²) in [6, 6.07) is 1.71. The van der Waals surface area contributed by atoms with Crippen LogP contribution in [0.5, 0.6) is 11.5 Å². The summed E-state index contributed by atoms with van der Waals surface area (Å²) in [4.78, 5) is 0. The Labute approximate surface area is 130 Å². The van der Waals surface area contributed by atoms with E-state index in [2.05, 4.69) is 4.72 Å². The van der Waals surface area contributed by atoms with Crippen LogP contribution in [0.1, 0.15) is 5.56 Å². The molecule has 0 aliphatic carbocycles. The molecule has 9 heteroatoms. The summed E-state index contributed by atoms with van der Waals surface area (Å²) < 4.78 is 63.6. The van der Waals surface area contributed by atoms with Crippen molar-refractivity contribution in [2.24, 2.45) is 0 Å². The summed E-state index contributed by atoms with van der Waals surface area (Å²) in [6.07, 6.45) is 0. The fourth-order valence-electron chi connectivity index (χ4n) is 1.75. The number of nitrogens with one attached hydrogen (secondary N) is 1. The van der Waals surface area contributed by atoms with Crippen LogP contribution in [0.25, 0.3) is 0 Å². The van der Waals surface area contributed by atoms with Gasteiger partial charge in [0.1, 0.15) is 11.6 Å². The number of benzene rings is 1. The van der Waals surface area contributed by atoms with Crippen molar-refractivity contribution in [3.05, 3.63) is 34.7 Å². The SMILES string of the molecule is COc1csc(S(=O)(=O)Nc2cc(C)c(F)cc2F)c1OC. The van der Waals surface area contributed by atoms with Gasteiger partial charge in [-0.3, -0.25) is 4.72 Å². The first-order chi connectivity index (χ1) is 10.3. The van der Waals surface area contributed by atoms with E-state index < -0.39 is 21.7 Å². The van der Waals surface area contributed by atoms with Gasteiger partial charge in [0, 0.05) is 11.4 Å². The normalized spacial score (nSPS) is 11.3. The van der Waals surface area contributed by atoms with Crippen LogP contribution in [0.15, 0.2) is 21.7 Å². The van der Waals surface area contributed by atoms with Crippen LogP contribution in [0, 0.1) is 18.6 Å². The summed E-state index contributed by atoms with van der Waals surface area (Å²) in [6.45, 7) is 1.40. The maximum atomic E-state index is 13.7. The average Bonchev–Trinajstić information content (AvgIpc) is 2.88. The van der Waals surface area contributed by atoms with Crippen LogP contribution in [-0.2, 0) is 10.0 Å². The predicted molar refractivity (Wildman–Crippen MR) is 79.3 cm³/mol. The smallest absolute Gasteiger partial charge is 0.275 e. The molecule has 0 atom stereocenters. The van der Waals surface area contributed by atoms with Crippen LogP contribution in [0.4, 0.5) is 14.5 Å². The van der Waals surface area contributed by atoms with E-state index in [9.17, 15) is 17.2 Å². The molecule has 0 aliphatic heterocycles. The molecular weight excluding hydrogens is 336 g/mol. The molecular formula is C13H13F2NO4S2. The molecule has 1 heterocycles. The van der Waals surface area contributed by atoms with Crippen LogP contribution >= 0.6 is 11.3 Å². The van der Waals surface area contributed by atoms with Crippen molar-refractivity contribution in [3.63, 3.8) is 0 Å². The minimum atomic E-state index is -4.10. The standard InChI is InChI=1S/C13H13F2NO4S2/c1-7-4-10(9(15)5-8(7)14)16-22(17,18)13-12(20-3)11(19-2)6-21-13/h4-6,16H,1-3H3. The van der Waals surface area contributed by atoms with Gasteiger partial charge in [-0.1, -0.05) is 0 Å². The molecule has 0 saturated carbocycles. The molecule has 0 radical (unpaired) electrons. The van der Waals surface area contributed by atoms with E-state index in [4.69, 9.17) is 9.47 Å². The van der Waals surface area contributed by atoms with Gasteiger partial charge in [0.2, 0.25) is 0 Å². The molecule has 0 amide bonds. The summed E-state index contributed by atoms with van der Waals surface area (Å²) in [7, 11) is -1.43. The van der Waals surface area contributed by atoms with Gasteiger partial charge in [-0.2, -0.15) is 0 Å². The molecule has 1 N–H and O–H groups in total. The van der Waals surface area contributed by atoms with Crippen molar-refractivity contribution in [1.82, 2.24) is 0 Å². The zero-order valence-electron chi connectivity index (χ0n) is 11.9. The first-order valence-electron chi connectivity index (χ1n) is 5.98. The molecule has 2 aromatic rings. The van der Waals surface area contributed by atoms with Crippen LogP contribution < -0.4 is 14.2 Å². The van der Waals surface area contributed by atoms with Gasteiger partial charge < -0.3 is 9.47 Å². The predicted octanol–water partition coefficient (Wildman–Crippen LogP) is 3.15. The molecule has 2 rings (SSSR count). The second-order valence-electron chi connectivity index (χ2n) is 4.31. The third-order valence-corrected chi connectivity index (χ3v) is 5.68. The highest BCUT2D eigenvalue weighted by Gasteiger charge is 2.26. The number of halogens is 2. The number of ether oxygens (including phenoxy) is 2. The van der Waals surface area contributed by atoms with Crippen molar-refractivity contribution >= 4 is 27.0 Å².